The Morgan fingerprint density at radius 1 is 1.44 bits per heavy atom. The molecule has 2 rings (SSSR count). The van der Waals surface area contributed by atoms with Crippen molar-refractivity contribution in [2.24, 2.45) is 0 Å². The lowest BCUT2D eigenvalue weighted by atomic mass is 10.2. The summed E-state index contributed by atoms with van der Waals surface area (Å²) in [5, 5.41) is 5.94. The molecule has 1 heterocycles. The molecule has 104 valence electrons. The Balaban J connectivity index is 1.62. The second kappa shape index (κ2) is 6.38. The normalized spacial score (nSPS) is 28.3. The third-order valence-corrected chi connectivity index (χ3v) is 3.78. The number of urea groups is 1. The summed E-state index contributed by atoms with van der Waals surface area (Å²) in [4.78, 5) is 14.2. The highest BCUT2D eigenvalue weighted by molar-refractivity contribution is 5.74. The number of nitrogens with one attached hydrogen (secondary N) is 2. The van der Waals surface area contributed by atoms with Gasteiger partial charge in [0.25, 0.3) is 0 Å². The van der Waals surface area contributed by atoms with Gasteiger partial charge in [0.1, 0.15) is 0 Å². The predicted octanol–water partition coefficient (Wildman–Crippen LogP) is 0.947. The molecule has 0 unspecified atom stereocenters. The molecule has 0 radical (unpaired) electrons. The van der Waals surface area contributed by atoms with E-state index in [1.54, 1.807) is 7.11 Å². The molecule has 0 aromatic heterocycles. The van der Waals surface area contributed by atoms with Gasteiger partial charge in [-0.25, -0.2) is 4.79 Å². The van der Waals surface area contributed by atoms with Crippen LogP contribution < -0.4 is 10.6 Å². The van der Waals surface area contributed by atoms with E-state index in [4.69, 9.17) is 4.74 Å². The van der Waals surface area contributed by atoms with Gasteiger partial charge >= 0.3 is 6.03 Å². The van der Waals surface area contributed by atoms with Crippen molar-refractivity contribution >= 4 is 6.03 Å². The Morgan fingerprint density at radius 2 is 2.22 bits per heavy atom. The number of likely N-dealkylation sites (tertiary alicyclic amines) is 1. The van der Waals surface area contributed by atoms with Gasteiger partial charge in [0.05, 0.1) is 0 Å². The second-order valence-electron chi connectivity index (χ2n) is 5.46. The third kappa shape index (κ3) is 3.85. The fourth-order valence-corrected chi connectivity index (χ4v) is 2.73. The number of amides is 2. The van der Waals surface area contributed by atoms with E-state index < -0.39 is 0 Å². The minimum Gasteiger partial charge on any atom is -0.385 e. The lowest BCUT2D eigenvalue weighted by Crippen LogP contribution is -2.43. The van der Waals surface area contributed by atoms with Crippen molar-refractivity contribution in [3.8, 4) is 0 Å². The number of carbonyl (C=O) groups is 1. The molecule has 2 fully saturated rings. The first-order valence-electron chi connectivity index (χ1n) is 6.99. The molecule has 1 saturated heterocycles. The summed E-state index contributed by atoms with van der Waals surface area (Å²) in [5.41, 5.74) is 0. The van der Waals surface area contributed by atoms with Gasteiger partial charge in [-0.3, -0.25) is 4.90 Å². The highest BCUT2D eigenvalue weighted by atomic mass is 16.5. The van der Waals surface area contributed by atoms with Gasteiger partial charge in [-0.15, -0.1) is 0 Å². The summed E-state index contributed by atoms with van der Waals surface area (Å²) in [7, 11) is 1.67. The number of ether oxygens (including phenoxy) is 1. The first kappa shape index (κ1) is 13.6. The van der Waals surface area contributed by atoms with E-state index in [-0.39, 0.29) is 6.03 Å². The molecule has 5 heteroatoms. The SMILES string of the molecule is COCCCNC(=O)N[C@@H]1C[C@@H](C)N(C2CC2)C1. The number of hydrogen-bond acceptors (Lipinski definition) is 3. The van der Waals surface area contributed by atoms with Gasteiger partial charge in [-0.2, -0.15) is 0 Å². The van der Waals surface area contributed by atoms with Gasteiger partial charge in [-0.05, 0) is 32.6 Å². The number of methoxy groups -OCH3 is 1. The van der Waals surface area contributed by atoms with Gasteiger partial charge in [0.15, 0.2) is 0 Å². The summed E-state index contributed by atoms with van der Waals surface area (Å²) in [5.74, 6) is 0. The third-order valence-electron chi connectivity index (χ3n) is 3.78. The van der Waals surface area contributed by atoms with Crippen molar-refractivity contribution in [3.05, 3.63) is 0 Å². The molecule has 1 aliphatic heterocycles. The summed E-state index contributed by atoms with van der Waals surface area (Å²) < 4.78 is 4.94. The fourth-order valence-electron chi connectivity index (χ4n) is 2.73. The molecule has 2 N–H and O–H groups in total. The molecule has 1 saturated carbocycles. The number of rotatable bonds is 6. The van der Waals surface area contributed by atoms with Gasteiger partial charge in [-0.1, -0.05) is 0 Å². The standard InChI is InChI=1S/C13H25N3O2/c1-10-8-11(9-16(10)12-4-5-12)15-13(17)14-6-3-7-18-2/h10-12H,3-9H2,1-2H3,(H2,14,15,17)/t10-,11-/m1/s1. The van der Waals surface area contributed by atoms with E-state index in [1.165, 1.54) is 12.8 Å². The molecule has 2 aliphatic rings. The molecule has 2 amide bonds. The number of carbonyl (C=O) groups excluding carboxylic acids is 1. The molecule has 0 spiro atoms. The van der Waals surface area contributed by atoms with E-state index in [0.717, 1.165) is 25.4 Å². The minimum atomic E-state index is -0.0408. The first-order chi connectivity index (χ1) is 8.70. The van der Waals surface area contributed by atoms with Crippen molar-refractivity contribution in [1.29, 1.82) is 0 Å². The molecule has 0 aromatic rings. The lowest BCUT2D eigenvalue weighted by molar-refractivity contribution is 0.193. The van der Waals surface area contributed by atoms with Crippen LogP contribution in [0.5, 0.6) is 0 Å². The van der Waals surface area contributed by atoms with E-state index in [9.17, 15) is 4.79 Å². The summed E-state index contributed by atoms with van der Waals surface area (Å²) in [6.45, 7) is 4.64. The van der Waals surface area contributed by atoms with Crippen LogP contribution in [-0.2, 0) is 4.74 Å². The Bertz CT molecular complexity index is 281. The molecule has 18 heavy (non-hydrogen) atoms. The van der Waals surface area contributed by atoms with E-state index >= 15 is 0 Å². The zero-order valence-corrected chi connectivity index (χ0v) is 11.4. The molecule has 0 bridgehead atoms. The van der Waals surface area contributed by atoms with Gasteiger partial charge in [0.2, 0.25) is 0 Å². The molecule has 1 aliphatic carbocycles. The van der Waals surface area contributed by atoms with Crippen molar-refractivity contribution in [2.45, 2.75) is 50.7 Å². The predicted molar refractivity (Wildman–Crippen MR) is 70.6 cm³/mol. The van der Waals surface area contributed by atoms with E-state index in [2.05, 4.69) is 22.5 Å². The van der Waals surface area contributed by atoms with Crippen LogP contribution in [0.3, 0.4) is 0 Å². The fraction of sp³-hybridized carbons (Fsp3) is 0.923. The second-order valence-corrected chi connectivity index (χ2v) is 5.46. The Morgan fingerprint density at radius 3 is 2.89 bits per heavy atom. The minimum absolute atomic E-state index is 0.0408. The summed E-state index contributed by atoms with van der Waals surface area (Å²) >= 11 is 0. The van der Waals surface area contributed by atoms with Crippen LogP contribution >= 0.6 is 0 Å². The van der Waals surface area contributed by atoms with Gasteiger partial charge in [0, 0.05) is 44.9 Å². The molecule has 5 nitrogen and oxygen atoms in total. The largest absolute Gasteiger partial charge is 0.385 e. The summed E-state index contributed by atoms with van der Waals surface area (Å²) in [6.07, 6.45) is 4.60. The smallest absolute Gasteiger partial charge is 0.315 e. The lowest BCUT2D eigenvalue weighted by Gasteiger charge is -2.19. The molecule has 2 atom stereocenters. The topological polar surface area (TPSA) is 53.6 Å². The van der Waals surface area contributed by atoms with Crippen LogP contribution in [0.15, 0.2) is 0 Å². The maximum atomic E-state index is 11.7. The van der Waals surface area contributed by atoms with Crippen LogP contribution in [0.4, 0.5) is 4.79 Å². The number of hydrogen-bond donors (Lipinski definition) is 2. The monoisotopic (exact) mass is 255 g/mol. The molecular weight excluding hydrogens is 230 g/mol. The van der Waals surface area contributed by atoms with Crippen molar-refractivity contribution in [2.75, 3.05) is 26.8 Å². The van der Waals surface area contributed by atoms with Crippen molar-refractivity contribution in [1.82, 2.24) is 15.5 Å². The van der Waals surface area contributed by atoms with Crippen LogP contribution in [-0.4, -0.2) is 55.9 Å². The zero-order chi connectivity index (χ0) is 13.0. The highest BCUT2D eigenvalue weighted by Crippen LogP contribution is 2.33. The Labute approximate surface area is 109 Å². The van der Waals surface area contributed by atoms with Crippen LogP contribution in [0.25, 0.3) is 0 Å². The van der Waals surface area contributed by atoms with E-state index in [0.29, 0.717) is 25.2 Å². The number of nitrogens with zero attached hydrogens (tertiary/aromatic N) is 1. The summed E-state index contributed by atoms with van der Waals surface area (Å²) in [6, 6.07) is 1.66. The average molecular weight is 255 g/mol. The van der Waals surface area contributed by atoms with Crippen LogP contribution in [0.2, 0.25) is 0 Å². The van der Waals surface area contributed by atoms with E-state index in [1.807, 2.05) is 0 Å². The maximum absolute atomic E-state index is 11.7. The Kier molecular flexibility index (Phi) is 4.83. The van der Waals surface area contributed by atoms with Crippen LogP contribution in [0.1, 0.15) is 32.6 Å². The first-order valence-corrected chi connectivity index (χ1v) is 6.99. The van der Waals surface area contributed by atoms with Gasteiger partial charge < -0.3 is 15.4 Å². The molecular formula is C13H25N3O2. The quantitative estimate of drug-likeness (QED) is 0.695. The maximum Gasteiger partial charge on any atom is 0.315 e. The van der Waals surface area contributed by atoms with Crippen molar-refractivity contribution in [3.63, 3.8) is 0 Å². The van der Waals surface area contributed by atoms with Crippen LogP contribution in [0, 0.1) is 0 Å². The zero-order valence-electron chi connectivity index (χ0n) is 11.4. The average Bonchev–Trinajstić information content (AvgIpc) is 3.10. The van der Waals surface area contributed by atoms with Crippen molar-refractivity contribution < 1.29 is 9.53 Å². The Hall–Kier alpha value is -0.810. The molecule has 0 aromatic carbocycles. The highest BCUT2D eigenvalue weighted by Gasteiger charge is 2.39.